The Kier molecular flexibility index (Phi) is 3.34. The molecule has 0 fully saturated rings. The maximum atomic E-state index is 12.4. The molecule has 0 saturated heterocycles. The molecule has 0 bridgehead atoms. The van der Waals surface area contributed by atoms with E-state index in [1.165, 1.54) is 17.0 Å². The van der Waals surface area contributed by atoms with E-state index in [0.717, 1.165) is 0 Å². The first-order valence-electron chi connectivity index (χ1n) is 5.01. The quantitative estimate of drug-likeness (QED) is 0.818. The second-order valence-corrected chi connectivity index (χ2v) is 4.03. The molecule has 2 rings (SSSR count). The van der Waals surface area contributed by atoms with Crippen molar-refractivity contribution in [1.29, 1.82) is 5.26 Å². The summed E-state index contributed by atoms with van der Waals surface area (Å²) in [5.74, 6) is 0.390. The molecular weight excluding hydrogens is 250 g/mol. The van der Waals surface area contributed by atoms with Gasteiger partial charge >= 0.3 is 0 Å². The predicted molar refractivity (Wildman–Crippen MR) is 59.9 cm³/mol. The molecule has 6 heteroatoms. The second kappa shape index (κ2) is 4.76. The normalized spacial score (nSPS) is 14.2. The minimum absolute atomic E-state index is 0.257. The topological polar surface area (TPSA) is 36.3 Å². The first-order chi connectivity index (χ1) is 8.11. The van der Waals surface area contributed by atoms with Crippen LogP contribution in [0.5, 0.6) is 5.75 Å². The summed E-state index contributed by atoms with van der Waals surface area (Å²) >= 11 is 5.82. The molecule has 3 nitrogen and oxygen atoms in total. The molecule has 0 N–H and O–H groups in total. The summed E-state index contributed by atoms with van der Waals surface area (Å²) in [5, 5.41) is 9.35. The maximum Gasteiger partial charge on any atom is 0.255 e. The number of anilines is 1. The number of rotatable bonds is 2. The average Bonchev–Trinajstić information content (AvgIpc) is 2.27. The van der Waals surface area contributed by atoms with E-state index in [-0.39, 0.29) is 5.56 Å². The summed E-state index contributed by atoms with van der Waals surface area (Å²) in [4.78, 5) is 1.46. The fourth-order valence-electron chi connectivity index (χ4n) is 1.82. The van der Waals surface area contributed by atoms with E-state index in [4.69, 9.17) is 21.6 Å². The van der Waals surface area contributed by atoms with E-state index in [9.17, 15) is 8.78 Å². The van der Waals surface area contributed by atoms with Gasteiger partial charge in [-0.2, -0.15) is 5.26 Å². The Morgan fingerprint density at radius 1 is 1.53 bits per heavy atom. The summed E-state index contributed by atoms with van der Waals surface area (Å²) in [5.41, 5.74) is 0.663. The predicted octanol–water partition coefficient (Wildman–Crippen LogP) is 2.68. The Morgan fingerprint density at radius 3 is 2.94 bits per heavy atom. The molecule has 1 aromatic rings. The molecule has 0 aromatic heterocycles. The van der Waals surface area contributed by atoms with Gasteiger partial charge < -0.3 is 9.64 Å². The Labute approximate surface area is 102 Å². The van der Waals surface area contributed by atoms with E-state index in [1.54, 1.807) is 0 Å². The van der Waals surface area contributed by atoms with E-state index >= 15 is 0 Å². The van der Waals surface area contributed by atoms with Crippen molar-refractivity contribution in [3.05, 3.63) is 22.7 Å². The van der Waals surface area contributed by atoms with Gasteiger partial charge in [0.05, 0.1) is 24.3 Å². The van der Waals surface area contributed by atoms with Gasteiger partial charge in [-0.3, -0.25) is 0 Å². The standard InChI is InChI=1S/C11H9ClF2N2O/c12-8-3-7(5-15)11-9(4-8)17-2-1-16(11)6-10(13)14/h3-4,10H,1-2,6H2. The van der Waals surface area contributed by atoms with Gasteiger partial charge in [-0.25, -0.2) is 8.78 Å². The van der Waals surface area contributed by atoms with E-state index in [0.29, 0.717) is 29.6 Å². The summed E-state index contributed by atoms with van der Waals surface area (Å²) in [6.45, 7) is 0.241. The third-order valence-electron chi connectivity index (χ3n) is 2.45. The molecule has 0 amide bonds. The summed E-state index contributed by atoms with van der Waals surface area (Å²) in [6.07, 6.45) is -2.46. The Bertz CT molecular complexity index is 473. The summed E-state index contributed by atoms with van der Waals surface area (Å²) < 4.78 is 30.2. The monoisotopic (exact) mass is 258 g/mol. The number of fused-ring (bicyclic) bond motifs is 1. The number of hydrogen-bond donors (Lipinski definition) is 0. The van der Waals surface area contributed by atoms with Crippen LogP contribution in [0.4, 0.5) is 14.5 Å². The number of benzene rings is 1. The van der Waals surface area contributed by atoms with Crippen molar-refractivity contribution in [2.75, 3.05) is 24.6 Å². The van der Waals surface area contributed by atoms with E-state index in [1.807, 2.05) is 6.07 Å². The number of alkyl halides is 2. The zero-order valence-corrected chi connectivity index (χ0v) is 9.55. The second-order valence-electron chi connectivity index (χ2n) is 3.60. The highest BCUT2D eigenvalue weighted by Crippen LogP contribution is 2.37. The van der Waals surface area contributed by atoms with Crippen LogP contribution in [0.1, 0.15) is 5.56 Å². The van der Waals surface area contributed by atoms with Crippen LogP contribution < -0.4 is 9.64 Å². The fourth-order valence-corrected chi connectivity index (χ4v) is 2.03. The molecule has 17 heavy (non-hydrogen) atoms. The molecule has 0 spiro atoms. The van der Waals surface area contributed by atoms with Crippen molar-refractivity contribution >= 4 is 17.3 Å². The van der Waals surface area contributed by atoms with Gasteiger partial charge in [0.1, 0.15) is 18.4 Å². The lowest BCUT2D eigenvalue weighted by Crippen LogP contribution is -2.36. The number of halogens is 3. The summed E-state index contributed by atoms with van der Waals surface area (Å²) in [6, 6.07) is 4.94. The molecule has 0 saturated carbocycles. The molecule has 0 atom stereocenters. The van der Waals surface area contributed by atoms with Gasteiger partial charge in [0.2, 0.25) is 0 Å². The van der Waals surface area contributed by atoms with Crippen molar-refractivity contribution in [2.45, 2.75) is 6.43 Å². The van der Waals surface area contributed by atoms with Crippen LogP contribution in [-0.2, 0) is 0 Å². The molecule has 1 heterocycles. The highest BCUT2D eigenvalue weighted by Gasteiger charge is 2.24. The van der Waals surface area contributed by atoms with Crippen LogP contribution in [0.25, 0.3) is 0 Å². The fraction of sp³-hybridized carbons (Fsp3) is 0.364. The smallest absolute Gasteiger partial charge is 0.255 e. The molecule has 0 unspecified atom stereocenters. The zero-order chi connectivity index (χ0) is 12.4. The lowest BCUT2D eigenvalue weighted by Gasteiger charge is -2.31. The van der Waals surface area contributed by atoms with Crippen LogP contribution in [0.2, 0.25) is 5.02 Å². The average molecular weight is 259 g/mol. The number of nitriles is 1. The van der Waals surface area contributed by atoms with Gasteiger partial charge in [-0.05, 0) is 6.07 Å². The van der Waals surface area contributed by atoms with Crippen molar-refractivity contribution in [3.63, 3.8) is 0 Å². The molecular formula is C11H9ClF2N2O. The Balaban J connectivity index is 2.45. The number of ether oxygens (including phenoxy) is 1. The minimum atomic E-state index is -2.46. The minimum Gasteiger partial charge on any atom is -0.489 e. The molecule has 1 aromatic carbocycles. The van der Waals surface area contributed by atoms with Gasteiger partial charge in [0, 0.05) is 11.1 Å². The van der Waals surface area contributed by atoms with Gasteiger partial charge in [0.25, 0.3) is 6.43 Å². The third kappa shape index (κ3) is 2.42. The summed E-state index contributed by atoms with van der Waals surface area (Å²) in [7, 11) is 0. The molecule has 1 aliphatic heterocycles. The molecule has 1 aliphatic rings. The molecule has 90 valence electrons. The SMILES string of the molecule is N#Cc1cc(Cl)cc2c1N(CC(F)F)CCO2. The van der Waals surface area contributed by atoms with Crippen molar-refractivity contribution < 1.29 is 13.5 Å². The van der Waals surface area contributed by atoms with E-state index < -0.39 is 13.0 Å². The van der Waals surface area contributed by atoms with Gasteiger partial charge in [-0.1, -0.05) is 11.6 Å². The van der Waals surface area contributed by atoms with Gasteiger partial charge in [0.15, 0.2) is 0 Å². The van der Waals surface area contributed by atoms with Gasteiger partial charge in [-0.15, -0.1) is 0 Å². The van der Waals surface area contributed by atoms with Crippen LogP contribution in [0.15, 0.2) is 12.1 Å². The van der Waals surface area contributed by atoms with Crippen LogP contribution in [0, 0.1) is 11.3 Å². The third-order valence-corrected chi connectivity index (χ3v) is 2.67. The lowest BCUT2D eigenvalue weighted by atomic mass is 10.1. The highest BCUT2D eigenvalue weighted by atomic mass is 35.5. The van der Waals surface area contributed by atoms with Crippen molar-refractivity contribution in [2.24, 2.45) is 0 Å². The van der Waals surface area contributed by atoms with Crippen LogP contribution in [-0.4, -0.2) is 26.1 Å². The first kappa shape index (κ1) is 11.9. The highest BCUT2D eigenvalue weighted by molar-refractivity contribution is 6.31. The largest absolute Gasteiger partial charge is 0.489 e. The zero-order valence-electron chi connectivity index (χ0n) is 8.79. The van der Waals surface area contributed by atoms with Crippen LogP contribution in [0.3, 0.4) is 0 Å². The number of hydrogen-bond acceptors (Lipinski definition) is 3. The molecule has 0 aliphatic carbocycles. The number of nitrogens with zero attached hydrogens (tertiary/aromatic N) is 2. The first-order valence-corrected chi connectivity index (χ1v) is 5.39. The Hall–Kier alpha value is -1.54. The maximum absolute atomic E-state index is 12.4. The van der Waals surface area contributed by atoms with Crippen LogP contribution >= 0.6 is 11.6 Å². The van der Waals surface area contributed by atoms with Crippen molar-refractivity contribution in [3.8, 4) is 11.8 Å². The molecule has 0 radical (unpaired) electrons. The van der Waals surface area contributed by atoms with E-state index in [2.05, 4.69) is 0 Å². The van der Waals surface area contributed by atoms with Crippen molar-refractivity contribution in [1.82, 2.24) is 0 Å². The Morgan fingerprint density at radius 2 is 2.29 bits per heavy atom. The lowest BCUT2D eigenvalue weighted by molar-refractivity contribution is 0.151.